The Morgan fingerprint density at radius 1 is 1.40 bits per heavy atom. The number of aliphatic hydroxyl groups is 1. The van der Waals surface area contributed by atoms with Gasteiger partial charge in [-0.2, -0.15) is 0 Å². The highest BCUT2D eigenvalue weighted by Crippen LogP contribution is 2.26. The Morgan fingerprint density at radius 3 is 2.53 bits per heavy atom. The summed E-state index contributed by atoms with van der Waals surface area (Å²) in [5.41, 5.74) is 0.328. The highest BCUT2D eigenvalue weighted by atomic mass is 35.5. The first-order valence-electron chi connectivity index (χ1n) is 4.10. The molecule has 15 heavy (non-hydrogen) atoms. The standard InChI is InChI=1S/C9H10Cl2O3S/c1-15(13,14)5-9(12)7-4-6(10)2-3-8(7)11/h2-4,9,12H,5H2,1H3. The van der Waals surface area contributed by atoms with Gasteiger partial charge in [-0.1, -0.05) is 23.2 Å². The molecule has 0 aliphatic heterocycles. The second-order valence-electron chi connectivity index (χ2n) is 3.27. The van der Waals surface area contributed by atoms with Gasteiger partial charge in [0, 0.05) is 21.9 Å². The maximum absolute atomic E-state index is 11.0. The highest BCUT2D eigenvalue weighted by Gasteiger charge is 2.17. The van der Waals surface area contributed by atoms with Crippen molar-refractivity contribution in [3.63, 3.8) is 0 Å². The van der Waals surface area contributed by atoms with Crippen molar-refractivity contribution in [2.24, 2.45) is 0 Å². The predicted octanol–water partition coefficient (Wildman–Crippen LogP) is 2.07. The Balaban J connectivity index is 3.00. The molecule has 0 fully saturated rings. The van der Waals surface area contributed by atoms with Crippen LogP contribution in [0.5, 0.6) is 0 Å². The molecule has 0 saturated heterocycles. The first kappa shape index (κ1) is 12.8. The molecule has 0 bridgehead atoms. The van der Waals surface area contributed by atoms with Gasteiger partial charge in [-0.3, -0.25) is 0 Å². The molecule has 1 N–H and O–H groups in total. The molecule has 3 nitrogen and oxygen atoms in total. The number of hydrogen-bond acceptors (Lipinski definition) is 3. The van der Waals surface area contributed by atoms with Gasteiger partial charge in [-0.15, -0.1) is 0 Å². The van der Waals surface area contributed by atoms with Gasteiger partial charge in [0.05, 0.1) is 11.9 Å². The molecule has 0 spiro atoms. The second kappa shape index (κ2) is 4.70. The minimum atomic E-state index is -3.25. The van der Waals surface area contributed by atoms with Crippen molar-refractivity contribution in [1.82, 2.24) is 0 Å². The lowest BCUT2D eigenvalue weighted by Gasteiger charge is -2.11. The summed E-state index contributed by atoms with van der Waals surface area (Å²) in [4.78, 5) is 0. The smallest absolute Gasteiger partial charge is 0.150 e. The molecule has 1 aromatic rings. The molecule has 1 aromatic carbocycles. The zero-order valence-corrected chi connectivity index (χ0v) is 10.3. The van der Waals surface area contributed by atoms with E-state index >= 15 is 0 Å². The van der Waals surface area contributed by atoms with Gasteiger partial charge in [0.1, 0.15) is 9.84 Å². The summed E-state index contributed by atoms with van der Waals surface area (Å²) in [6, 6.07) is 4.55. The maximum Gasteiger partial charge on any atom is 0.150 e. The van der Waals surface area contributed by atoms with Crippen LogP contribution in [0.4, 0.5) is 0 Å². The normalized spacial score (nSPS) is 13.9. The average molecular weight is 269 g/mol. The lowest BCUT2D eigenvalue weighted by atomic mass is 10.1. The first-order valence-corrected chi connectivity index (χ1v) is 6.92. The molecule has 0 heterocycles. The van der Waals surface area contributed by atoms with E-state index in [1.807, 2.05) is 0 Å². The van der Waals surface area contributed by atoms with E-state index in [0.717, 1.165) is 6.26 Å². The lowest BCUT2D eigenvalue weighted by molar-refractivity contribution is 0.202. The third-order valence-corrected chi connectivity index (χ3v) is 3.28. The number of sulfone groups is 1. The molecule has 1 unspecified atom stereocenters. The fraction of sp³-hybridized carbons (Fsp3) is 0.333. The Hall–Kier alpha value is -0.290. The van der Waals surface area contributed by atoms with Crippen LogP contribution in [0.3, 0.4) is 0 Å². The van der Waals surface area contributed by atoms with Crippen LogP contribution < -0.4 is 0 Å². The summed E-state index contributed by atoms with van der Waals surface area (Å²) in [6.45, 7) is 0. The van der Waals surface area contributed by atoms with Gasteiger partial charge >= 0.3 is 0 Å². The third kappa shape index (κ3) is 3.99. The van der Waals surface area contributed by atoms with Crippen LogP contribution in [0.1, 0.15) is 11.7 Å². The Morgan fingerprint density at radius 2 is 2.00 bits per heavy atom. The van der Waals surface area contributed by atoms with Crippen molar-refractivity contribution in [3.05, 3.63) is 33.8 Å². The van der Waals surface area contributed by atoms with Crippen LogP contribution in [-0.4, -0.2) is 25.5 Å². The Labute approximate surface area is 98.6 Å². The SMILES string of the molecule is CS(=O)(=O)CC(O)c1cc(Cl)ccc1Cl. The van der Waals surface area contributed by atoms with Crippen molar-refractivity contribution in [3.8, 4) is 0 Å². The highest BCUT2D eigenvalue weighted by molar-refractivity contribution is 7.90. The summed E-state index contributed by atoms with van der Waals surface area (Å²) >= 11 is 11.5. The van der Waals surface area contributed by atoms with Crippen molar-refractivity contribution >= 4 is 33.0 Å². The Bertz CT molecular complexity index is 456. The largest absolute Gasteiger partial charge is 0.387 e. The fourth-order valence-corrected chi connectivity index (χ4v) is 2.32. The first-order chi connectivity index (χ1) is 6.79. The van der Waals surface area contributed by atoms with Gasteiger partial charge in [0.2, 0.25) is 0 Å². The molecule has 84 valence electrons. The van der Waals surface area contributed by atoms with Gasteiger partial charge < -0.3 is 5.11 Å². The zero-order chi connectivity index (χ0) is 11.6. The predicted molar refractivity (Wildman–Crippen MR) is 61.1 cm³/mol. The summed E-state index contributed by atoms with van der Waals surface area (Å²) in [6.07, 6.45) is -0.0968. The van der Waals surface area contributed by atoms with Gasteiger partial charge in [0.15, 0.2) is 0 Å². The van der Waals surface area contributed by atoms with E-state index in [2.05, 4.69) is 0 Å². The van der Waals surface area contributed by atoms with Crippen LogP contribution >= 0.6 is 23.2 Å². The molecule has 6 heteroatoms. The van der Waals surface area contributed by atoms with E-state index in [-0.39, 0.29) is 5.75 Å². The monoisotopic (exact) mass is 268 g/mol. The minimum Gasteiger partial charge on any atom is -0.387 e. The summed E-state index contributed by atoms with van der Waals surface area (Å²) in [5.74, 6) is -0.368. The van der Waals surface area contributed by atoms with Crippen molar-refractivity contribution in [2.45, 2.75) is 6.10 Å². The molecular formula is C9H10Cl2O3S. The number of rotatable bonds is 3. The number of benzene rings is 1. The number of aliphatic hydroxyl groups excluding tert-OH is 1. The minimum absolute atomic E-state index is 0.301. The molecule has 0 aliphatic carbocycles. The quantitative estimate of drug-likeness (QED) is 0.913. The topological polar surface area (TPSA) is 54.4 Å². The fourth-order valence-electron chi connectivity index (χ4n) is 1.15. The third-order valence-electron chi connectivity index (χ3n) is 1.78. The van der Waals surface area contributed by atoms with E-state index in [9.17, 15) is 13.5 Å². The molecule has 0 amide bonds. The summed E-state index contributed by atoms with van der Waals surface area (Å²) in [7, 11) is -3.25. The van der Waals surface area contributed by atoms with Crippen LogP contribution in [-0.2, 0) is 9.84 Å². The molecule has 1 rings (SSSR count). The van der Waals surface area contributed by atoms with Gasteiger partial charge in [0.25, 0.3) is 0 Å². The second-order valence-corrected chi connectivity index (χ2v) is 6.30. The van der Waals surface area contributed by atoms with Crippen molar-refractivity contribution in [2.75, 3.05) is 12.0 Å². The Kier molecular flexibility index (Phi) is 4.00. The van der Waals surface area contributed by atoms with E-state index in [4.69, 9.17) is 23.2 Å². The zero-order valence-electron chi connectivity index (χ0n) is 7.94. The van der Waals surface area contributed by atoms with Crippen LogP contribution in [0.15, 0.2) is 18.2 Å². The lowest BCUT2D eigenvalue weighted by Crippen LogP contribution is -2.13. The molecule has 0 radical (unpaired) electrons. The maximum atomic E-state index is 11.0. The van der Waals surface area contributed by atoms with E-state index < -0.39 is 15.9 Å². The van der Waals surface area contributed by atoms with E-state index in [0.29, 0.717) is 15.6 Å². The molecule has 1 atom stereocenters. The van der Waals surface area contributed by atoms with E-state index in [1.165, 1.54) is 12.1 Å². The number of hydrogen-bond donors (Lipinski definition) is 1. The van der Waals surface area contributed by atoms with Crippen molar-refractivity contribution < 1.29 is 13.5 Å². The number of halogens is 2. The van der Waals surface area contributed by atoms with Gasteiger partial charge in [-0.25, -0.2) is 8.42 Å². The van der Waals surface area contributed by atoms with Crippen molar-refractivity contribution in [1.29, 1.82) is 0 Å². The van der Waals surface area contributed by atoms with Crippen LogP contribution in [0.2, 0.25) is 10.0 Å². The molecule has 0 saturated carbocycles. The average Bonchev–Trinajstić information content (AvgIpc) is 2.06. The summed E-state index contributed by atoms with van der Waals surface area (Å²) < 4.78 is 22.0. The molecular weight excluding hydrogens is 259 g/mol. The van der Waals surface area contributed by atoms with Crippen LogP contribution in [0, 0.1) is 0 Å². The van der Waals surface area contributed by atoms with E-state index in [1.54, 1.807) is 6.07 Å². The molecule has 0 aromatic heterocycles. The van der Waals surface area contributed by atoms with Crippen LogP contribution in [0.25, 0.3) is 0 Å². The summed E-state index contributed by atoms with van der Waals surface area (Å²) in [5, 5.41) is 10.3. The molecule has 0 aliphatic rings. The van der Waals surface area contributed by atoms with Gasteiger partial charge in [-0.05, 0) is 18.2 Å².